The minimum atomic E-state index is -1.41. The number of aliphatic hydroxyl groups excluding tert-OH is 1. The molecular weight excluding hydrogens is 344 g/mol. The molecule has 1 heterocycles. The smallest absolute Gasteiger partial charge is 0.337 e. The Bertz CT molecular complexity index is 701. The highest BCUT2D eigenvalue weighted by Gasteiger charge is 2.14. The molecule has 6 heteroatoms. The molecule has 3 rings (SSSR count). The van der Waals surface area contributed by atoms with Crippen molar-refractivity contribution in [1.82, 2.24) is 10.6 Å². The van der Waals surface area contributed by atoms with Crippen LogP contribution in [0.5, 0.6) is 0 Å². The first-order chi connectivity index (χ1) is 13.1. The van der Waals surface area contributed by atoms with E-state index in [1.54, 1.807) is 30.3 Å². The van der Waals surface area contributed by atoms with Crippen LogP contribution in [0.1, 0.15) is 34.9 Å². The van der Waals surface area contributed by atoms with Crippen molar-refractivity contribution in [3.8, 4) is 0 Å². The summed E-state index contributed by atoms with van der Waals surface area (Å²) in [4.78, 5) is 22.0. The number of hydrogen-bond acceptors (Lipinski definition) is 4. The summed E-state index contributed by atoms with van der Waals surface area (Å²) in [5.41, 5.74) is 1.14. The second-order valence-electron chi connectivity index (χ2n) is 6.44. The van der Waals surface area contributed by atoms with Gasteiger partial charge in [-0.05, 0) is 49.5 Å². The van der Waals surface area contributed by atoms with Crippen molar-refractivity contribution < 1.29 is 19.8 Å². The Morgan fingerprint density at radius 1 is 1.07 bits per heavy atom. The van der Waals surface area contributed by atoms with E-state index in [0.717, 1.165) is 25.2 Å². The minimum absolute atomic E-state index is 0.0335. The van der Waals surface area contributed by atoms with Crippen molar-refractivity contribution >= 4 is 11.9 Å². The first kappa shape index (κ1) is 20.6. The molecule has 1 amide bonds. The highest BCUT2D eigenvalue weighted by Crippen LogP contribution is 2.11. The van der Waals surface area contributed by atoms with Gasteiger partial charge in [-0.25, -0.2) is 4.79 Å². The van der Waals surface area contributed by atoms with Crippen LogP contribution in [0.15, 0.2) is 60.7 Å². The molecule has 144 valence electrons. The number of carbonyl (C=O) groups is 2. The molecule has 1 fully saturated rings. The zero-order chi connectivity index (χ0) is 19.5. The van der Waals surface area contributed by atoms with Crippen LogP contribution in [0.25, 0.3) is 0 Å². The average molecular weight is 370 g/mol. The van der Waals surface area contributed by atoms with Gasteiger partial charge in [0.1, 0.15) is 0 Å². The number of nitrogens with one attached hydrogen (secondary N) is 2. The number of carbonyl (C=O) groups excluding carboxylic acids is 1. The number of aliphatic carboxylic acids is 1. The normalized spacial score (nSPS) is 17.1. The average Bonchev–Trinajstić information content (AvgIpc) is 2.74. The zero-order valence-corrected chi connectivity index (χ0v) is 15.2. The van der Waals surface area contributed by atoms with Crippen LogP contribution in [0.2, 0.25) is 0 Å². The van der Waals surface area contributed by atoms with Gasteiger partial charge in [0.25, 0.3) is 5.91 Å². The predicted octanol–water partition coefficient (Wildman–Crippen LogP) is 2.22. The van der Waals surface area contributed by atoms with E-state index in [4.69, 9.17) is 10.2 Å². The first-order valence-corrected chi connectivity index (χ1v) is 9.07. The molecule has 0 aromatic heterocycles. The van der Waals surface area contributed by atoms with Gasteiger partial charge in [-0.15, -0.1) is 0 Å². The van der Waals surface area contributed by atoms with Gasteiger partial charge < -0.3 is 20.8 Å². The Morgan fingerprint density at radius 3 is 2.26 bits per heavy atom. The maximum absolute atomic E-state index is 11.8. The highest BCUT2D eigenvalue weighted by atomic mass is 16.4. The molecule has 0 saturated carbocycles. The molecular formula is C21H26N2O4. The molecule has 0 unspecified atom stereocenters. The van der Waals surface area contributed by atoms with Crippen LogP contribution in [0.4, 0.5) is 0 Å². The number of hydrogen-bond donors (Lipinski definition) is 4. The standard InChI is InChI=1S/C13H18N2O.C8H8O3/c16-13(12-6-2-1-3-7-12)15-10-11-5-4-8-14-9-11;9-7(8(10)11)6-4-2-1-3-5-6/h1-3,6-7,11,14H,4-5,8-10H2,(H,15,16);1-5,7,9H,(H,10,11)/t11-;7-/m11/s1. The van der Waals surface area contributed by atoms with Crippen molar-refractivity contribution in [2.45, 2.75) is 18.9 Å². The van der Waals surface area contributed by atoms with E-state index in [1.165, 1.54) is 12.8 Å². The minimum Gasteiger partial charge on any atom is -0.479 e. The van der Waals surface area contributed by atoms with E-state index < -0.39 is 12.1 Å². The lowest BCUT2D eigenvalue weighted by Crippen LogP contribution is -2.38. The third kappa shape index (κ3) is 7.21. The van der Waals surface area contributed by atoms with Crippen LogP contribution >= 0.6 is 0 Å². The SMILES string of the molecule is O=C(NC[C@@H]1CCCNC1)c1ccccc1.O=C(O)[C@H](O)c1ccccc1. The van der Waals surface area contributed by atoms with Crippen LogP contribution in [-0.4, -0.2) is 41.7 Å². The van der Waals surface area contributed by atoms with E-state index in [0.29, 0.717) is 11.5 Å². The Kier molecular flexibility index (Phi) is 8.48. The fourth-order valence-electron chi connectivity index (χ4n) is 2.80. The molecule has 1 aliphatic heterocycles. The molecule has 0 aliphatic carbocycles. The summed E-state index contributed by atoms with van der Waals surface area (Å²) in [6.45, 7) is 2.92. The molecule has 4 N–H and O–H groups in total. The lowest BCUT2D eigenvalue weighted by molar-refractivity contribution is -0.146. The molecule has 0 bridgehead atoms. The number of carboxylic acid groups (broad SMARTS) is 1. The third-order valence-electron chi connectivity index (χ3n) is 4.34. The van der Waals surface area contributed by atoms with Crippen molar-refractivity contribution in [3.63, 3.8) is 0 Å². The molecule has 1 saturated heterocycles. The van der Waals surface area contributed by atoms with E-state index in [1.807, 2.05) is 30.3 Å². The fraction of sp³-hybridized carbons (Fsp3) is 0.333. The Balaban J connectivity index is 0.000000208. The lowest BCUT2D eigenvalue weighted by Gasteiger charge is -2.22. The quantitative estimate of drug-likeness (QED) is 0.647. The Labute approximate surface area is 159 Å². The number of amides is 1. The van der Waals surface area contributed by atoms with Gasteiger partial charge in [0.15, 0.2) is 6.10 Å². The van der Waals surface area contributed by atoms with Crippen LogP contribution in [-0.2, 0) is 4.79 Å². The number of aliphatic hydroxyl groups is 1. The van der Waals surface area contributed by atoms with E-state index in [-0.39, 0.29) is 5.91 Å². The van der Waals surface area contributed by atoms with Crippen molar-refractivity contribution in [1.29, 1.82) is 0 Å². The fourth-order valence-corrected chi connectivity index (χ4v) is 2.80. The molecule has 27 heavy (non-hydrogen) atoms. The van der Waals surface area contributed by atoms with E-state index >= 15 is 0 Å². The van der Waals surface area contributed by atoms with Crippen LogP contribution in [0.3, 0.4) is 0 Å². The number of carboxylic acids is 1. The summed E-state index contributed by atoms with van der Waals surface area (Å²) in [6.07, 6.45) is 1.02. The van der Waals surface area contributed by atoms with Crippen molar-refractivity contribution in [2.24, 2.45) is 5.92 Å². The second-order valence-corrected chi connectivity index (χ2v) is 6.44. The zero-order valence-electron chi connectivity index (χ0n) is 15.2. The molecule has 2 aromatic carbocycles. The Morgan fingerprint density at radius 2 is 1.70 bits per heavy atom. The van der Waals surface area contributed by atoms with Crippen LogP contribution < -0.4 is 10.6 Å². The topological polar surface area (TPSA) is 98.7 Å². The van der Waals surface area contributed by atoms with Crippen LogP contribution in [0, 0.1) is 5.92 Å². The van der Waals surface area contributed by atoms with E-state index in [2.05, 4.69) is 10.6 Å². The summed E-state index contributed by atoms with van der Waals surface area (Å²) >= 11 is 0. The molecule has 6 nitrogen and oxygen atoms in total. The van der Waals surface area contributed by atoms with Crippen molar-refractivity contribution in [2.75, 3.05) is 19.6 Å². The van der Waals surface area contributed by atoms with Gasteiger partial charge in [-0.3, -0.25) is 4.79 Å². The van der Waals surface area contributed by atoms with E-state index in [9.17, 15) is 9.59 Å². The maximum atomic E-state index is 11.8. The molecule has 1 aliphatic rings. The number of rotatable bonds is 5. The summed E-state index contributed by atoms with van der Waals surface area (Å²) in [5, 5.41) is 23.7. The van der Waals surface area contributed by atoms with Gasteiger partial charge in [0, 0.05) is 12.1 Å². The first-order valence-electron chi connectivity index (χ1n) is 9.07. The molecule has 0 spiro atoms. The van der Waals surface area contributed by atoms with Gasteiger partial charge >= 0.3 is 5.97 Å². The second kappa shape index (κ2) is 11.1. The molecule has 0 radical (unpaired) electrons. The summed E-state index contributed by atoms with van der Waals surface area (Å²) in [6, 6.07) is 17.6. The number of benzene rings is 2. The Hall–Kier alpha value is -2.70. The molecule has 2 atom stereocenters. The number of piperidine rings is 1. The lowest BCUT2D eigenvalue weighted by atomic mass is 10.00. The predicted molar refractivity (Wildman–Crippen MR) is 103 cm³/mol. The van der Waals surface area contributed by atoms with Gasteiger partial charge in [-0.2, -0.15) is 0 Å². The molecule has 2 aromatic rings. The van der Waals surface area contributed by atoms with Gasteiger partial charge in [0.05, 0.1) is 0 Å². The summed E-state index contributed by atoms with van der Waals surface area (Å²) in [5.74, 6) is -0.608. The third-order valence-corrected chi connectivity index (χ3v) is 4.34. The van der Waals surface area contributed by atoms with Crippen molar-refractivity contribution in [3.05, 3.63) is 71.8 Å². The summed E-state index contributed by atoms with van der Waals surface area (Å²) < 4.78 is 0. The van der Waals surface area contributed by atoms with Gasteiger partial charge in [0.2, 0.25) is 0 Å². The monoisotopic (exact) mass is 370 g/mol. The van der Waals surface area contributed by atoms with Gasteiger partial charge in [-0.1, -0.05) is 48.5 Å². The maximum Gasteiger partial charge on any atom is 0.337 e. The largest absolute Gasteiger partial charge is 0.479 e. The summed E-state index contributed by atoms with van der Waals surface area (Å²) in [7, 11) is 0. The highest BCUT2D eigenvalue weighted by molar-refractivity contribution is 5.94.